The van der Waals surface area contributed by atoms with Crippen LogP contribution in [0.2, 0.25) is 0 Å². The van der Waals surface area contributed by atoms with Crippen LogP contribution in [0.1, 0.15) is 11.1 Å². The van der Waals surface area contributed by atoms with Crippen molar-refractivity contribution in [3.8, 4) is 22.6 Å². The predicted molar refractivity (Wildman–Crippen MR) is 107 cm³/mol. The van der Waals surface area contributed by atoms with Crippen LogP contribution in [0.4, 0.5) is 13.2 Å². The lowest BCUT2D eigenvalue weighted by molar-refractivity contribution is -0.137. The van der Waals surface area contributed by atoms with Crippen LogP contribution in [-0.4, -0.2) is 5.11 Å². The number of fused-ring (bicyclic) bond motifs is 1. The van der Waals surface area contributed by atoms with Gasteiger partial charge in [0.05, 0.1) is 5.56 Å². The third-order valence-corrected chi connectivity index (χ3v) is 4.72. The number of halogens is 3. The lowest BCUT2D eigenvalue weighted by Gasteiger charge is -2.17. The van der Waals surface area contributed by atoms with Crippen molar-refractivity contribution >= 4 is 10.8 Å². The molecule has 0 amide bonds. The maximum atomic E-state index is 13.7. The maximum Gasteiger partial charge on any atom is 0.417 e. The van der Waals surface area contributed by atoms with E-state index in [1.807, 2.05) is 30.3 Å². The van der Waals surface area contributed by atoms with Crippen LogP contribution in [-0.2, 0) is 12.8 Å². The van der Waals surface area contributed by atoms with E-state index in [4.69, 9.17) is 4.74 Å². The van der Waals surface area contributed by atoms with Crippen LogP contribution < -0.4 is 4.74 Å². The summed E-state index contributed by atoms with van der Waals surface area (Å²) in [4.78, 5) is 0. The van der Waals surface area contributed by atoms with Gasteiger partial charge in [0.25, 0.3) is 0 Å². The van der Waals surface area contributed by atoms with Gasteiger partial charge in [0, 0.05) is 10.9 Å². The first-order valence-electron chi connectivity index (χ1n) is 9.02. The van der Waals surface area contributed by atoms with E-state index in [0.29, 0.717) is 23.1 Å². The molecule has 4 rings (SSSR count). The second-order valence-electron chi connectivity index (χ2n) is 6.67. The summed E-state index contributed by atoms with van der Waals surface area (Å²) in [6.45, 7) is 0.356. The molecule has 0 unspecified atom stereocenters. The average molecular weight is 394 g/mol. The molecule has 29 heavy (non-hydrogen) atoms. The summed E-state index contributed by atoms with van der Waals surface area (Å²) in [7, 11) is 0. The molecule has 0 atom stereocenters. The van der Waals surface area contributed by atoms with E-state index in [0.717, 1.165) is 11.6 Å². The number of benzene rings is 4. The zero-order valence-electron chi connectivity index (χ0n) is 15.3. The monoisotopic (exact) mass is 394 g/mol. The fourth-order valence-electron chi connectivity index (χ4n) is 3.30. The number of ether oxygens (including phenoxy) is 1. The van der Waals surface area contributed by atoms with Gasteiger partial charge in [-0.05, 0) is 34.7 Å². The number of alkyl halides is 3. The molecule has 0 bridgehead atoms. The number of rotatable bonds is 4. The lowest BCUT2D eigenvalue weighted by Crippen LogP contribution is -2.07. The maximum absolute atomic E-state index is 13.7. The largest absolute Gasteiger partial charge is 0.507 e. The van der Waals surface area contributed by atoms with Crippen molar-refractivity contribution in [1.82, 2.24) is 0 Å². The van der Waals surface area contributed by atoms with E-state index in [-0.39, 0.29) is 16.9 Å². The molecule has 0 aromatic heterocycles. The van der Waals surface area contributed by atoms with E-state index in [1.165, 1.54) is 12.1 Å². The Hall–Kier alpha value is -3.47. The fraction of sp³-hybridized carbons (Fsp3) is 0.0833. The van der Waals surface area contributed by atoms with Crippen molar-refractivity contribution in [1.29, 1.82) is 0 Å². The first-order chi connectivity index (χ1) is 13.9. The smallest absolute Gasteiger partial charge is 0.417 e. The normalized spacial score (nSPS) is 11.6. The highest BCUT2D eigenvalue weighted by atomic mass is 19.4. The van der Waals surface area contributed by atoms with Crippen LogP contribution in [0.5, 0.6) is 11.5 Å². The van der Waals surface area contributed by atoms with Gasteiger partial charge in [-0.15, -0.1) is 0 Å². The van der Waals surface area contributed by atoms with Crippen LogP contribution in [0.15, 0.2) is 84.9 Å². The summed E-state index contributed by atoms with van der Waals surface area (Å²) in [6.07, 6.45) is -4.60. The second-order valence-corrected chi connectivity index (χ2v) is 6.67. The minimum absolute atomic E-state index is 0.231. The quantitative estimate of drug-likeness (QED) is 0.412. The van der Waals surface area contributed by atoms with Gasteiger partial charge >= 0.3 is 6.18 Å². The number of hydrogen-bond donors (Lipinski definition) is 1. The van der Waals surface area contributed by atoms with E-state index >= 15 is 0 Å². The molecule has 0 aliphatic rings. The molecule has 4 aromatic rings. The molecular formula is C24H17F3O2. The molecule has 4 aromatic carbocycles. The molecule has 0 heterocycles. The van der Waals surface area contributed by atoms with Gasteiger partial charge in [-0.2, -0.15) is 13.2 Å². The van der Waals surface area contributed by atoms with Crippen LogP contribution in [0.25, 0.3) is 21.9 Å². The Morgan fingerprint density at radius 1 is 0.793 bits per heavy atom. The van der Waals surface area contributed by atoms with Crippen molar-refractivity contribution in [2.75, 3.05) is 0 Å². The van der Waals surface area contributed by atoms with Crippen molar-refractivity contribution in [3.63, 3.8) is 0 Å². The van der Waals surface area contributed by atoms with Crippen molar-refractivity contribution < 1.29 is 23.0 Å². The van der Waals surface area contributed by atoms with Gasteiger partial charge in [0.15, 0.2) is 0 Å². The summed E-state index contributed by atoms with van der Waals surface area (Å²) >= 11 is 0. The molecule has 0 saturated heterocycles. The highest BCUT2D eigenvalue weighted by Gasteiger charge is 2.35. The molecule has 0 saturated carbocycles. The molecule has 2 nitrogen and oxygen atoms in total. The minimum Gasteiger partial charge on any atom is -0.507 e. The first kappa shape index (κ1) is 18.9. The molecule has 0 spiro atoms. The summed E-state index contributed by atoms with van der Waals surface area (Å²) in [5.74, 6) is 0.153. The summed E-state index contributed by atoms with van der Waals surface area (Å²) in [5.41, 5.74) is 0.160. The van der Waals surface area contributed by atoms with Gasteiger partial charge in [-0.25, -0.2) is 0 Å². The van der Waals surface area contributed by atoms with Crippen LogP contribution in [0, 0.1) is 0 Å². The van der Waals surface area contributed by atoms with E-state index in [1.54, 1.807) is 36.4 Å². The van der Waals surface area contributed by atoms with E-state index in [9.17, 15) is 18.3 Å². The SMILES string of the molecule is Oc1c(-c2ccc(OCc3ccccc3)cc2)c(C(F)(F)F)cc2ccccc12. The van der Waals surface area contributed by atoms with Gasteiger partial charge in [0.1, 0.15) is 18.1 Å². The Kier molecular flexibility index (Phi) is 4.89. The molecule has 1 N–H and O–H groups in total. The average Bonchev–Trinajstić information content (AvgIpc) is 2.73. The number of hydrogen-bond acceptors (Lipinski definition) is 2. The first-order valence-corrected chi connectivity index (χ1v) is 9.02. The van der Waals surface area contributed by atoms with Gasteiger partial charge in [0.2, 0.25) is 0 Å². The summed E-state index contributed by atoms with van der Waals surface area (Å²) in [5, 5.41) is 11.3. The zero-order valence-corrected chi connectivity index (χ0v) is 15.3. The Labute approximate surface area is 165 Å². The fourth-order valence-corrected chi connectivity index (χ4v) is 3.30. The van der Waals surface area contributed by atoms with E-state index in [2.05, 4.69) is 0 Å². The third kappa shape index (κ3) is 3.90. The molecular weight excluding hydrogens is 377 g/mol. The topological polar surface area (TPSA) is 29.5 Å². The van der Waals surface area contributed by atoms with Crippen LogP contribution in [0.3, 0.4) is 0 Å². The molecule has 5 heteroatoms. The van der Waals surface area contributed by atoms with Crippen LogP contribution >= 0.6 is 0 Å². The zero-order chi connectivity index (χ0) is 20.4. The standard InChI is InChI=1S/C24H17F3O2/c25-24(26,27)21-14-18-8-4-5-9-20(18)23(28)22(21)17-10-12-19(13-11-17)29-15-16-6-2-1-3-7-16/h1-14,28H,15H2. The van der Waals surface area contributed by atoms with Crippen molar-refractivity contribution in [3.05, 3.63) is 96.1 Å². The molecule has 0 aliphatic heterocycles. The van der Waals surface area contributed by atoms with Gasteiger partial charge in [-0.1, -0.05) is 66.7 Å². The molecule has 0 aliphatic carbocycles. The summed E-state index contributed by atoms with van der Waals surface area (Å²) < 4.78 is 46.8. The minimum atomic E-state index is -4.60. The van der Waals surface area contributed by atoms with Gasteiger partial charge in [-0.3, -0.25) is 0 Å². The van der Waals surface area contributed by atoms with Gasteiger partial charge < -0.3 is 9.84 Å². The molecule has 0 radical (unpaired) electrons. The Morgan fingerprint density at radius 3 is 2.14 bits per heavy atom. The third-order valence-electron chi connectivity index (χ3n) is 4.72. The molecule has 0 fully saturated rings. The Morgan fingerprint density at radius 2 is 1.45 bits per heavy atom. The predicted octanol–water partition coefficient (Wildman–Crippen LogP) is 6.81. The van der Waals surface area contributed by atoms with E-state index < -0.39 is 11.7 Å². The number of aromatic hydroxyl groups is 1. The highest BCUT2D eigenvalue weighted by molar-refractivity contribution is 5.96. The number of phenolic OH excluding ortho intramolecular Hbond substituents is 1. The molecule has 146 valence electrons. The highest BCUT2D eigenvalue weighted by Crippen LogP contribution is 2.45. The number of phenols is 1. The second kappa shape index (κ2) is 7.51. The van der Waals surface area contributed by atoms with Crippen molar-refractivity contribution in [2.24, 2.45) is 0 Å². The lowest BCUT2D eigenvalue weighted by atomic mass is 9.93. The summed E-state index contributed by atoms with van der Waals surface area (Å²) in [6, 6.07) is 23.4. The Balaban J connectivity index is 1.71. The Bertz CT molecular complexity index is 1130. The van der Waals surface area contributed by atoms with Crippen molar-refractivity contribution in [2.45, 2.75) is 12.8 Å².